The molecule has 0 atom stereocenters. The van der Waals surface area contributed by atoms with E-state index >= 15 is 0 Å². The van der Waals surface area contributed by atoms with Crippen LogP contribution >= 0.6 is 0 Å². The molecule has 1 aromatic rings. The van der Waals surface area contributed by atoms with Gasteiger partial charge >= 0.3 is 0 Å². The second-order valence-electron chi connectivity index (χ2n) is 4.88. The zero-order chi connectivity index (χ0) is 14.4. The van der Waals surface area contributed by atoms with Gasteiger partial charge in [0.25, 0.3) is 0 Å². The first kappa shape index (κ1) is 14.7. The quantitative estimate of drug-likeness (QED) is 0.626. The molecule has 0 saturated heterocycles. The normalized spacial score (nSPS) is 14.4. The maximum Gasteiger partial charge on any atom is 0.161 e. The van der Waals surface area contributed by atoms with E-state index < -0.39 is 0 Å². The summed E-state index contributed by atoms with van der Waals surface area (Å²) in [6.07, 6.45) is 6.26. The molecular formula is C16H22N2O2. The van der Waals surface area contributed by atoms with Crippen LogP contribution in [0.1, 0.15) is 11.1 Å². The minimum atomic E-state index is 0.634. The minimum absolute atomic E-state index is 0.634. The number of benzene rings is 1. The summed E-state index contributed by atoms with van der Waals surface area (Å²) in [6.45, 7) is 4.59. The number of nitrogens with zero attached hydrogens (tertiary/aromatic N) is 1. The lowest BCUT2D eigenvalue weighted by Gasteiger charge is -2.29. The second kappa shape index (κ2) is 7.18. The molecule has 4 heteroatoms. The van der Waals surface area contributed by atoms with E-state index in [4.69, 9.17) is 15.9 Å². The Morgan fingerprint density at radius 1 is 1.25 bits per heavy atom. The molecule has 1 aliphatic rings. The van der Waals surface area contributed by atoms with Crippen molar-refractivity contribution in [2.75, 3.05) is 40.4 Å². The molecule has 0 aliphatic carbocycles. The van der Waals surface area contributed by atoms with Crippen LogP contribution in [0.15, 0.2) is 12.1 Å². The molecule has 1 N–H and O–H groups in total. The summed E-state index contributed by atoms with van der Waals surface area (Å²) in [6, 6.07) is 4.19. The highest BCUT2D eigenvalue weighted by atomic mass is 16.5. The molecule has 0 fully saturated rings. The van der Waals surface area contributed by atoms with E-state index in [-0.39, 0.29) is 0 Å². The average Bonchev–Trinajstić information content (AvgIpc) is 2.50. The summed E-state index contributed by atoms with van der Waals surface area (Å²) < 4.78 is 10.7. The van der Waals surface area contributed by atoms with Crippen LogP contribution in [0.25, 0.3) is 0 Å². The Morgan fingerprint density at radius 3 is 2.60 bits per heavy atom. The van der Waals surface area contributed by atoms with Crippen molar-refractivity contribution in [1.29, 1.82) is 0 Å². The van der Waals surface area contributed by atoms with Crippen LogP contribution in [0.3, 0.4) is 0 Å². The molecule has 0 aromatic heterocycles. The van der Waals surface area contributed by atoms with E-state index in [1.165, 1.54) is 11.1 Å². The lowest BCUT2D eigenvalue weighted by atomic mass is 9.99. The van der Waals surface area contributed by atoms with Gasteiger partial charge in [0.1, 0.15) is 0 Å². The highest BCUT2D eigenvalue weighted by molar-refractivity contribution is 5.48. The summed E-state index contributed by atoms with van der Waals surface area (Å²) in [5.74, 6) is 4.21. The molecule has 1 heterocycles. The van der Waals surface area contributed by atoms with Crippen LogP contribution in [0, 0.1) is 12.3 Å². The summed E-state index contributed by atoms with van der Waals surface area (Å²) in [7, 11) is 3.35. The number of nitrogens with one attached hydrogen (secondary N) is 1. The first-order valence-electron chi connectivity index (χ1n) is 6.88. The van der Waals surface area contributed by atoms with Gasteiger partial charge in [-0.2, -0.15) is 0 Å². The number of fused-ring (bicyclic) bond motifs is 1. The van der Waals surface area contributed by atoms with Crippen molar-refractivity contribution in [2.45, 2.75) is 13.0 Å². The lowest BCUT2D eigenvalue weighted by molar-refractivity contribution is 0.253. The number of terminal acetylenes is 1. The summed E-state index contributed by atoms with van der Waals surface area (Å²) in [4.78, 5) is 2.43. The van der Waals surface area contributed by atoms with Gasteiger partial charge in [-0.25, -0.2) is 0 Å². The zero-order valence-corrected chi connectivity index (χ0v) is 12.2. The van der Waals surface area contributed by atoms with Gasteiger partial charge in [-0.05, 0) is 29.7 Å². The Kier molecular flexibility index (Phi) is 5.28. The smallest absolute Gasteiger partial charge is 0.161 e. The summed E-state index contributed by atoms with van der Waals surface area (Å²) in [5, 5.41) is 3.22. The number of hydrogen-bond donors (Lipinski definition) is 1. The SMILES string of the molecule is C#CCNCCN1CCc2cc(OC)c(OC)cc2C1. The fraction of sp³-hybridized carbons (Fsp3) is 0.500. The molecule has 1 aliphatic heterocycles. The van der Waals surface area contributed by atoms with Crippen molar-refractivity contribution in [3.63, 3.8) is 0 Å². The van der Waals surface area contributed by atoms with E-state index in [1.54, 1.807) is 14.2 Å². The molecule has 20 heavy (non-hydrogen) atoms. The molecule has 1 aromatic carbocycles. The van der Waals surface area contributed by atoms with E-state index in [0.29, 0.717) is 6.54 Å². The number of methoxy groups -OCH3 is 2. The second-order valence-corrected chi connectivity index (χ2v) is 4.88. The molecule has 0 bridgehead atoms. The third-order valence-electron chi connectivity index (χ3n) is 3.63. The van der Waals surface area contributed by atoms with Gasteiger partial charge in [-0.3, -0.25) is 4.90 Å². The molecule has 4 nitrogen and oxygen atoms in total. The Hall–Kier alpha value is -1.70. The molecule has 0 unspecified atom stereocenters. The minimum Gasteiger partial charge on any atom is -0.493 e. The number of rotatable bonds is 6. The third-order valence-corrected chi connectivity index (χ3v) is 3.63. The van der Waals surface area contributed by atoms with E-state index in [9.17, 15) is 0 Å². The van der Waals surface area contributed by atoms with Gasteiger partial charge in [0, 0.05) is 26.2 Å². The Labute approximate surface area is 121 Å². The molecule has 2 rings (SSSR count). The van der Waals surface area contributed by atoms with Crippen LogP contribution in [0.5, 0.6) is 11.5 Å². The predicted octanol–water partition coefficient (Wildman–Crippen LogP) is 1.28. The van der Waals surface area contributed by atoms with Gasteiger partial charge in [-0.15, -0.1) is 6.42 Å². The highest BCUT2D eigenvalue weighted by Gasteiger charge is 2.18. The zero-order valence-electron chi connectivity index (χ0n) is 12.2. The molecule has 0 radical (unpaired) electrons. The van der Waals surface area contributed by atoms with Crippen LogP contribution in [0.2, 0.25) is 0 Å². The van der Waals surface area contributed by atoms with Gasteiger partial charge < -0.3 is 14.8 Å². The van der Waals surface area contributed by atoms with Crippen molar-refractivity contribution >= 4 is 0 Å². The number of ether oxygens (including phenoxy) is 2. The van der Waals surface area contributed by atoms with Crippen LogP contribution in [-0.4, -0.2) is 45.3 Å². The van der Waals surface area contributed by atoms with E-state index in [0.717, 1.165) is 44.1 Å². The largest absolute Gasteiger partial charge is 0.493 e. The molecule has 0 saturated carbocycles. The highest BCUT2D eigenvalue weighted by Crippen LogP contribution is 2.33. The van der Waals surface area contributed by atoms with Gasteiger partial charge in [0.2, 0.25) is 0 Å². The van der Waals surface area contributed by atoms with E-state index in [1.807, 2.05) is 0 Å². The fourth-order valence-electron chi connectivity index (χ4n) is 2.53. The first-order valence-corrected chi connectivity index (χ1v) is 6.88. The Bertz CT molecular complexity index is 494. The van der Waals surface area contributed by atoms with Crippen molar-refractivity contribution in [3.8, 4) is 23.8 Å². The van der Waals surface area contributed by atoms with Crippen LogP contribution in [0.4, 0.5) is 0 Å². The summed E-state index contributed by atoms with van der Waals surface area (Å²) >= 11 is 0. The lowest BCUT2D eigenvalue weighted by Crippen LogP contribution is -2.36. The average molecular weight is 274 g/mol. The molecule has 0 spiro atoms. The first-order chi connectivity index (χ1) is 9.78. The predicted molar refractivity (Wildman–Crippen MR) is 80.2 cm³/mol. The topological polar surface area (TPSA) is 33.7 Å². The van der Waals surface area contributed by atoms with Gasteiger partial charge in [0.05, 0.1) is 20.8 Å². The van der Waals surface area contributed by atoms with Crippen molar-refractivity contribution in [2.24, 2.45) is 0 Å². The Balaban J connectivity index is 2.00. The maximum absolute atomic E-state index is 5.37. The van der Waals surface area contributed by atoms with Crippen LogP contribution in [-0.2, 0) is 13.0 Å². The summed E-state index contributed by atoms with van der Waals surface area (Å²) in [5.41, 5.74) is 2.68. The van der Waals surface area contributed by atoms with Gasteiger partial charge in [0.15, 0.2) is 11.5 Å². The monoisotopic (exact) mass is 274 g/mol. The van der Waals surface area contributed by atoms with Crippen molar-refractivity contribution < 1.29 is 9.47 Å². The van der Waals surface area contributed by atoms with Crippen molar-refractivity contribution in [1.82, 2.24) is 10.2 Å². The molecule has 108 valence electrons. The van der Waals surface area contributed by atoms with Crippen molar-refractivity contribution in [3.05, 3.63) is 23.3 Å². The third kappa shape index (κ3) is 3.44. The van der Waals surface area contributed by atoms with Crippen LogP contribution < -0.4 is 14.8 Å². The number of hydrogen-bond acceptors (Lipinski definition) is 4. The molecule has 0 amide bonds. The molecular weight excluding hydrogens is 252 g/mol. The van der Waals surface area contributed by atoms with Gasteiger partial charge in [-0.1, -0.05) is 5.92 Å². The fourth-order valence-corrected chi connectivity index (χ4v) is 2.53. The van der Waals surface area contributed by atoms with E-state index in [2.05, 4.69) is 28.3 Å². The maximum atomic E-state index is 5.37. The Morgan fingerprint density at radius 2 is 1.95 bits per heavy atom. The standard InChI is InChI=1S/C16H22N2O2/c1-4-6-17-7-9-18-8-5-13-10-15(19-2)16(20-3)11-14(13)12-18/h1,10-11,17H,5-9,12H2,2-3H3.